The molecule has 1 aromatic heterocycles. The van der Waals surface area contributed by atoms with Crippen molar-refractivity contribution >= 4 is 37.9 Å². The van der Waals surface area contributed by atoms with Crippen LogP contribution in [0.3, 0.4) is 0 Å². The molecule has 24 heavy (non-hydrogen) atoms. The Morgan fingerprint density at radius 1 is 1.21 bits per heavy atom. The number of benzene rings is 2. The van der Waals surface area contributed by atoms with Gasteiger partial charge in [0.25, 0.3) is 0 Å². The summed E-state index contributed by atoms with van der Waals surface area (Å²) in [4.78, 5) is 12.8. The zero-order valence-electron chi connectivity index (χ0n) is 12.8. The Morgan fingerprint density at radius 2 is 1.96 bits per heavy atom. The lowest BCUT2D eigenvalue weighted by atomic mass is 10.0. The van der Waals surface area contributed by atoms with Gasteiger partial charge in [0.05, 0.1) is 23.1 Å². The molecule has 2 N–H and O–H groups in total. The molecular formula is C16H15NO6S. The molecule has 0 aliphatic rings. The fourth-order valence-electron chi connectivity index (χ4n) is 2.61. The van der Waals surface area contributed by atoms with Crippen LogP contribution in [0, 0.1) is 0 Å². The molecule has 0 atom stereocenters. The van der Waals surface area contributed by atoms with E-state index < -0.39 is 10.3 Å². The second-order valence-corrected chi connectivity index (χ2v) is 6.38. The van der Waals surface area contributed by atoms with Gasteiger partial charge >= 0.3 is 10.3 Å². The first-order valence-electron chi connectivity index (χ1n) is 7.12. The molecule has 126 valence electrons. The smallest absolute Gasteiger partial charge is 0.357 e. The molecule has 0 fully saturated rings. The van der Waals surface area contributed by atoms with Gasteiger partial charge in [-0.2, -0.15) is 8.42 Å². The fourth-order valence-corrected chi connectivity index (χ4v) is 3.04. The maximum atomic E-state index is 12.8. The van der Waals surface area contributed by atoms with Crippen molar-refractivity contribution in [3.8, 4) is 0 Å². The van der Waals surface area contributed by atoms with Gasteiger partial charge in [0.1, 0.15) is 5.58 Å². The first-order chi connectivity index (χ1) is 11.4. The summed E-state index contributed by atoms with van der Waals surface area (Å²) >= 11 is 0. The van der Waals surface area contributed by atoms with Gasteiger partial charge in [-0.25, -0.2) is 0 Å². The molecule has 0 spiro atoms. The van der Waals surface area contributed by atoms with Gasteiger partial charge in [0, 0.05) is 7.11 Å². The molecule has 1 heterocycles. The maximum Gasteiger partial charge on any atom is 0.357 e. The van der Waals surface area contributed by atoms with Gasteiger partial charge in [-0.1, -0.05) is 18.2 Å². The van der Waals surface area contributed by atoms with Crippen molar-refractivity contribution in [1.82, 2.24) is 0 Å². The second kappa shape index (κ2) is 6.23. The fraction of sp³-hybridized carbons (Fsp3) is 0.188. The van der Waals surface area contributed by atoms with Crippen LogP contribution in [-0.4, -0.2) is 26.7 Å². The SMILES string of the molecule is COCCc1ccc(NS(=O)(=O)O)c2oc3ccccc3c(=O)c12. The third-order valence-corrected chi connectivity index (χ3v) is 4.11. The largest absolute Gasteiger partial charge is 0.454 e. The molecule has 0 radical (unpaired) electrons. The lowest BCUT2D eigenvalue weighted by molar-refractivity contribution is 0.202. The maximum absolute atomic E-state index is 12.8. The second-order valence-electron chi connectivity index (χ2n) is 5.22. The Hall–Kier alpha value is -2.42. The predicted octanol–water partition coefficient (Wildman–Crippen LogP) is 2.35. The highest BCUT2D eigenvalue weighted by Gasteiger charge is 2.17. The molecule has 3 rings (SSSR count). The van der Waals surface area contributed by atoms with Gasteiger partial charge in [-0.15, -0.1) is 0 Å². The molecule has 0 unspecified atom stereocenters. The molecule has 0 saturated carbocycles. The Bertz CT molecular complexity index is 1070. The topological polar surface area (TPSA) is 106 Å². The van der Waals surface area contributed by atoms with Crippen LogP contribution in [0.2, 0.25) is 0 Å². The van der Waals surface area contributed by atoms with Crippen LogP contribution >= 0.6 is 0 Å². The van der Waals surface area contributed by atoms with Gasteiger partial charge in [-0.05, 0) is 30.2 Å². The van der Waals surface area contributed by atoms with Crippen LogP contribution in [0.1, 0.15) is 5.56 Å². The third kappa shape index (κ3) is 3.12. The van der Waals surface area contributed by atoms with E-state index in [4.69, 9.17) is 13.7 Å². The molecule has 0 aliphatic carbocycles. The average Bonchev–Trinajstić information content (AvgIpc) is 2.53. The van der Waals surface area contributed by atoms with Crippen LogP contribution < -0.4 is 10.2 Å². The van der Waals surface area contributed by atoms with E-state index in [1.54, 1.807) is 37.4 Å². The lowest BCUT2D eigenvalue weighted by Crippen LogP contribution is -2.13. The molecule has 8 heteroatoms. The van der Waals surface area contributed by atoms with Gasteiger partial charge in [-0.3, -0.25) is 14.1 Å². The molecule has 0 bridgehead atoms. The summed E-state index contributed by atoms with van der Waals surface area (Å²) in [5.41, 5.74) is 0.808. The van der Waals surface area contributed by atoms with Crippen LogP contribution in [0.25, 0.3) is 21.9 Å². The highest BCUT2D eigenvalue weighted by molar-refractivity contribution is 7.87. The highest BCUT2D eigenvalue weighted by atomic mass is 32.2. The molecule has 0 amide bonds. The molecule has 7 nitrogen and oxygen atoms in total. The number of hydrogen-bond donors (Lipinski definition) is 2. The number of hydrogen-bond acceptors (Lipinski definition) is 5. The van der Waals surface area contributed by atoms with Crippen molar-refractivity contribution in [2.24, 2.45) is 0 Å². The minimum absolute atomic E-state index is 0.00322. The van der Waals surface area contributed by atoms with E-state index in [0.717, 1.165) is 0 Å². The van der Waals surface area contributed by atoms with E-state index in [1.807, 2.05) is 4.72 Å². The number of rotatable bonds is 5. The number of nitrogens with one attached hydrogen (secondary N) is 1. The predicted molar refractivity (Wildman–Crippen MR) is 90.7 cm³/mol. The summed E-state index contributed by atoms with van der Waals surface area (Å²) in [6, 6.07) is 9.75. The minimum atomic E-state index is -4.50. The molecular weight excluding hydrogens is 334 g/mol. The van der Waals surface area contributed by atoms with Crippen molar-refractivity contribution in [3.05, 3.63) is 52.2 Å². The molecule has 0 saturated heterocycles. The summed E-state index contributed by atoms with van der Waals surface area (Å²) in [5.74, 6) is 0. The quantitative estimate of drug-likeness (QED) is 0.541. The van der Waals surface area contributed by atoms with E-state index in [9.17, 15) is 13.2 Å². The van der Waals surface area contributed by atoms with Crippen LogP contribution in [-0.2, 0) is 21.5 Å². The Balaban J connectivity index is 2.38. The van der Waals surface area contributed by atoms with Crippen LogP contribution in [0.15, 0.2) is 45.6 Å². The zero-order valence-corrected chi connectivity index (χ0v) is 13.6. The van der Waals surface area contributed by atoms with Crippen molar-refractivity contribution in [2.75, 3.05) is 18.4 Å². The Morgan fingerprint density at radius 3 is 2.67 bits per heavy atom. The standard InChI is InChI=1S/C16H15NO6S/c1-22-9-8-10-6-7-12(17-24(19,20)21)16-14(10)15(18)11-4-2-3-5-13(11)23-16/h2-7,17H,8-9H2,1H3,(H,19,20,21). The highest BCUT2D eigenvalue weighted by Crippen LogP contribution is 2.28. The Kier molecular flexibility index (Phi) is 4.27. The first kappa shape index (κ1) is 16.4. The average molecular weight is 349 g/mol. The normalized spacial score (nSPS) is 11.9. The summed E-state index contributed by atoms with van der Waals surface area (Å²) in [7, 11) is -2.95. The number of para-hydroxylation sites is 1. The summed E-state index contributed by atoms with van der Waals surface area (Å²) < 4.78 is 44.1. The Labute approximate surface area is 137 Å². The number of ether oxygens (including phenoxy) is 1. The van der Waals surface area contributed by atoms with Crippen molar-refractivity contribution in [2.45, 2.75) is 6.42 Å². The van der Waals surface area contributed by atoms with E-state index in [2.05, 4.69) is 0 Å². The third-order valence-electron chi connectivity index (χ3n) is 3.63. The van der Waals surface area contributed by atoms with E-state index >= 15 is 0 Å². The molecule has 2 aromatic carbocycles. The zero-order chi connectivity index (χ0) is 17.3. The number of methoxy groups -OCH3 is 1. The minimum Gasteiger partial charge on any atom is -0.454 e. The summed E-state index contributed by atoms with van der Waals surface area (Å²) in [6.07, 6.45) is 0.461. The molecule has 0 aliphatic heterocycles. The van der Waals surface area contributed by atoms with Gasteiger partial charge in [0.15, 0.2) is 5.58 Å². The first-order valence-corrected chi connectivity index (χ1v) is 8.56. The van der Waals surface area contributed by atoms with Crippen molar-refractivity contribution in [1.29, 1.82) is 0 Å². The monoisotopic (exact) mass is 349 g/mol. The van der Waals surface area contributed by atoms with E-state index in [1.165, 1.54) is 6.07 Å². The lowest BCUT2D eigenvalue weighted by Gasteiger charge is -2.11. The van der Waals surface area contributed by atoms with Crippen molar-refractivity contribution < 1.29 is 22.1 Å². The van der Waals surface area contributed by atoms with Crippen LogP contribution in [0.5, 0.6) is 0 Å². The number of fused-ring (bicyclic) bond motifs is 2. The van der Waals surface area contributed by atoms with E-state index in [0.29, 0.717) is 29.6 Å². The van der Waals surface area contributed by atoms with Gasteiger partial charge in [0.2, 0.25) is 5.43 Å². The van der Waals surface area contributed by atoms with E-state index in [-0.39, 0.29) is 22.1 Å². The van der Waals surface area contributed by atoms with Crippen LogP contribution in [0.4, 0.5) is 5.69 Å². The van der Waals surface area contributed by atoms with Gasteiger partial charge < -0.3 is 9.15 Å². The van der Waals surface area contributed by atoms with Crippen molar-refractivity contribution in [3.63, 3.8) is 0 Å². The number of anilines is 1. The summed E-state index contributed by atoms with van der Waals surface area (Å²) in [5, 5.41) is 0.659. The molecule has 3 aromatic rings. The summed E-state index contributed by atoms with van der Waals surface area (Å²) in [6.45, 7) is 0.395.